The highest BCUT2D eigenvalue weighted by atomic mass is 32.2. The van der Waals surface area contributed by atoms with Crippen molar-refractivity contribution in [3.8, 4) is 6.07 Å². The number of nitrogens with one attached hydrogen (secondary N) is 1. The zero-order valence-corrected chi connectivity index (χ0v) is 13.9. The van der Waals surface area contributed by atoms with Gasteiger partial charge in [-0.25, -0.2) is 8.42 Å². The number of sulfonamides is 1. The van der Waals surface area contributed by atoms with Crippen LogP contribution in [0.3, 0.4) is 0 Å². The number of nitriles is 1. The topological polar surface area (TPSA) is 87.0 Å². The van der Waals surface area contributed by atoms with E-state index in [4.69, 9.17) is 5.26 Å². The summed E-state index contributed by atoms with van der Waals surface area (Å²) in [5, 5.41) is 8.72. The maximum Gasteiger partial charge on any atom is 0.239 e. The molecule has 0 atom stereocenters. The maximum atomic E-state index is 12.0. The molecule has 0 radical (unpaired) electrons. The molecule has 6 heteroatoms. The zero-order valence-electron chi connectivity index (χ0n) is 13.1. The van der Waals surface area contributed by atoms with Crippen molar-refractivity contribution in [2.45, 2.75) is 25.0 Å². The molecule has 124 valence electrons. The normalized spacial score (nSPS) is 10.8. The van der Waals surface area contributed by atoms with Gasteiger partial charge in [0.15, 0.2) is 0 Å². The van der Waals surface area contributed by atoms with Gasteiger partial charge < -0.3 is 0 Å². The van der Waals surface area contributed by atoms with Crippen LogP contribution < -0.4 is 4.72 Å². The summed E-state index contributed by atoms with van der Waals surface area (Å²) in [5.41, 5.74) is 2.10. The molecule has 0 unspecified atom stereocenters. The number of hydrogen-bond donors (Lipinski definition) is 1. The Bertz CT molecular complexity index is 823. The number of nitrogens with zero attached hydrogens (tertiary/aromatic N) is 1. The van der Waals surface area contributed by atoms with Crippen molar-refractivity contribution in [1.82, 2.24) is 4.72 Å². The number of benzene rings is 2. The molecule has 1 amide bonds. The molecule has 0 bridgehead atoms. The predicted octanol–water partition coefficient (Wildman–Crippen LogP) is 2.53. The van der Waals surface area contributed by atoms with Crippen molar-refractivity contribution in [3.63, 3.8) is 0 Å². The Labute approximate surface area is 142 Å². The SMILES string of the molecule is N#Cc1ccc(CS(=O)(=O)NC(=O)CCCc2ccccc2)cc1. The van der Waals surface area contributed by atoms with Gasteiger partial charge in [-0.3, -0.25) is 9.52 Å². The first kappa shape index (κ1) is 17.7. The Kier molecular flexibility index (Phi) is 6.10. The third-order valence-electron chi connectivity index (χ3n) is 3.42. The second kappa shape index (κ2) is 8.27. The number of carbonyl (C=O) groups excluding carboxylic acids is 1. The summed E-state index contributed by atoms with van der Waals surface area (Å²) in [6.07, 6.45) is 1.47. The molecule has 0 aromatic heterocycles. The van der Waals surface area contributed by atoms with Crippen LogP contribution in [0.25, 0.3) is 0 Å². The summed E-state index contributed by atoms with van der Waals surface area (Å²) in [6.45, 7) is 0. The Balaban J connectivity index is 1.82. The Morgan fingerprint density at radius 1 is 1.00 bits per heavy atom. The van der Waals surface area contributed by atoms with Crippen LogP contribution in [0.5, 0.6) is 0 Å². The summed E-state index contributed by atoms with van der Waals surface area (Å²) in [4.78, 5) is 11.8. The van der Waals surface area contributed by atoms with Crippen LogP contribution in [0.4, 0.5) is 0 Å². The summed E-state index contributed by atoms with van der Waals surface area (Å²) < 4.78 is 26.1. The molecule has 5 nitrogen and oxygen atoms in total. The molecule has 0 aliphatic heterocycles. The van der Waals surface area contributed by atoms with Gasteiger partial charge in [-0.15, -0.1) is 0 Å². The van der Waals surface area contributed by atoms with Crippen LogP contribution in [0, 0.1) is 11.3 Å². The first-order chi connectivity index (χ1) is 11.5. The maximum absolute atomic E-state index is 12.0. The van der Waals surface area contributed by atoms with E-state index in [2.05, 4.69) is 4.72 Å². The standard InChI is InChI=1S/C18H18N2O3S/c19-13-16-9-11-17(12-10-16)14-24(22,23)20-18(21)8-4-7-15-5-2-1-3-6-15/h1-3,5-6,9-12H,4,7-8,14H2,(H,20,21). The number of aryl methyl sites for hydroxylation is 1. The van der Waals surface area contributed by atoms with Crippen LogP contribution in [-0.4, -0.2) is 14.3 Å². The molecule has 0 spiro atoms. The second-order valence-corrected chi connectivity index (χ2v) is 7.15. The summed E-state index contributed by atoms with van der Waals surface area (Å²) in [5.74, 6) is -0.789. The number of rotatable bonds is 7. The highest BCUT2D eigenvalue weighted by Crippen LogP contribution is 2.08. The van der Waals surface area contributed by atoms with E-state index in [0.29, 0.717) is 17.5 Å². The van der Waals surface area contributed by atoms with Crippen LogP contribution in [0.2, 0.25) is 0 Å². The molecule has 0 saturated carbocycles. The molecule has 1 N–H and O–H groups in total. The molecule has 0 aliphatic carbocycles. The first-order valence-electron chi connectivity index (χ1n) is 7.55. The Morgan fingerprint density at radius 3 is 2.29 bits per heavy atom. The van der Waals surface area contributed by atoms with Gasteiger partial charge in [0.05, 0.1) is 17.4 Å². The molecule has 2 rings (SSSR count). The lowest BCUT2D eigenvalue weighted by Crippen LogP contribution is -2.31. The van der Waals surface area contributed by atoms with Crippen molar-refractivity contribution in [2.75, 3.05) is 0 Å². The van der Waals surface area contributed by atoms with Crippen LogP contribution in [-0.2, 0) is 27.0 Å². The summed E-state index contributed by atoms with van der Waals surface area (Å²) in [7, 11) is -3.73. The van der Waals surface area contributed by atoms with Crippen molar-refractivity contribution in [1.29, 1.82) is 5.26 Å². The average molecular weight is 342 g/mol. The highest BCUT2D eigenvalue weighted by molar-refractivity contribution is 7.89. The van der Waals surface area contributed by atoms with Crippen LogP contribution >= 0.6 is 0 Å². The minimum atomic E-state index is -3.73. The van der Waals surface area contributed by atoms with E-state index in [9.17, 15) is 13.2 Å². The van der Waals surface area contributed by atoms with Gasteiger partial charge in [0.1, 0.15) is 0 Å². The van der Waals surface area contributed by atoms with Gasteiger partial charge in [-0.2, -0.15) is 5.26 Å². The fourth-order valence-corrected chi connectivity index (χ4v) is 3.41. The van der Waals surface area contributed by atoms with Gasteiger partial charge in [0.2, 0.25) is 15.9 Å². The van der Waals surface area contributed by atoms with Gasteiger partial charge in [0, 0.05) is 6.42 Å². The minimum Gasteiger partial charge on any atom is -0.274 e. The highest BCUT2D eigenvalue weighted by Gasteiger charge is 2.15. The molecule has 24 heavy (non-hydrogen) atoms. The number of carbonyl (C=O) groups is 1. The van der Waals surface area contributed by atoms with Crippen LogP contribution in [0.15, 0.2) is 54.6 Å². The van der Waals surface area contributed by atoms with Gasteiger partial charge in [-0.1, -0.05) is 42.5 Å². The van der Waals surface area contributed by atoms with Gasteiger partial charge in [-0.05, 0) is 36.1 Å². The molecule has 2 aromatic carbocycles. The Morgan fingerprint density at radius 2 is 1.67 bits per heavy atom. The van der Waals surface area contributed by atoms with Crippen molar-refractivity contribution in [2.24, 2.45) is 0 Å². The average Bonchev–Trinajstić information content (AvgIpc) is 2.55. The first-order valence-corrected chi connectivity index (χ1v) is 9.20. The second-order valence-electron chi connectivity index (χ2n) is 5.43. The van der Waals surface area contributed by atoms with E-state index < -0.39 is 15.9 Å². The number of amides is 1. The van der Waals surface area contributed by atoms with E-state index in [1.54, 1.807) is 24.3 Å². The lowest BCUT2D eigenvalue weighted by Gasteiger charge is -2.07. The fraction of sp³-hybridized carbons (Fsp3) is 0.222. The van der Waals surface area contributed by atoms with Gasteiger partial charge in [0.25, 0.3) is 0 Å². The van der Waals surface area contributed by atoms with E-state index in [1.165, 1.54) is 0 Å². The molecule has 0 aliphatic rings. The largest absolute Gasteiger partial charge is 0.274 e. The minimum absolute atomic E-state index is 0.154. The van der Waals surface area contributed by atoms with Gasteiger partial charge >= 0.3 is 0 Å². The smallest absolute Gasteiger partial charge is 0.239 e. The van der Waals surface area contributed by atoms with Crippen LogP contribution in [0.1, 0.15) is 29.5 Å². The quantitative estimate of drug-likeness (QED) is 0.837. The summed E-state index contributed by atoms with van der Waals surface area (Å²) in [6, 6.07) is 17.9. The van der Waals surface area contributed by atoms with Crippen molar-refractivity contribution < 1.29 is 13.2 Å². The molecular formula is C18H18N2O3S. The fourth-order valence-electron chi connectivity index (χ4n) is 2.25. The molecule has 0 fully saturated rings. The molecular weight excluding hydrogens is 324 g/mol. The molecule has 2 aromatic rings. The molecule has 0 heterocycles. The number of hydrogen-bond acceptors (Lipinski definition) is 4. The summed E-state index contributed by atoms with van der Waals surface area (Å²) >= 11 is 0. The monoisotopic (exact) mass is 342 g/mol. The van der Waals surface area contributed by atoms with E-state index in [-0.39, 0.29) is 12.2 Å². The molecule has 0 saturated heterocycles. The van der Waals surface area contributed by atoms with E-state index in [0.717, 1.165) is 12.0 Å². The zero-order chi connectivity index (χ0) is 17.4. The van der Waals surface area contributed by atoms with E-state index in [1.807, 2.05) is 36.4 Å². The lowest BCUT2D eigenvalue weighted by molar-refractivity contribution is -0.119. The third kappa shape index (κ3) is 5.86. The lowest BCUT2D eigenvalue weighted by atomic mass is 10.1. The van der Waals surface area contributed by atoms with Crippen molar-refractivity contribution in [3.05, 3.63) is 71.3 Å². The third-order valence-corrected chi connectivity index (χ3v) is 4.67. The Hall–Kier alpha value is -2.65. The van der Waals surface area contributed by atoms with Crippen molar-refractivity contribution >= 4 is 15.9 Å². The predicted molar refractivity (Wildman–Crippen MR) is 91.3 cm³/mol. The van der Waals surface area contributed by atoms with E-state index >= 15 is 0 Å².